The Morgan fingerprint density at radius 1 is 1.53 bits per heavy atom. The molecule has 0 bridgehead atoms. The third-order valence-corrected chi connectivity index (χ3v) is 4.54. The number of thiophene rings is 1. The highest BCUT2D eigenvalue weighted by atomic mass is 127. The zero-order valence-corrected chi connectivity index (χ0v) is 13.0. The predicted octanol–water partition coefficient (Wildman–Crippen LogP) is 3.91. The fourth-order valence-electron chi connectivity index (χ4n) is 1.66. The van der Waals surface area contributed by atoms with E-state index in [-0.39, 0.29) is 12.4 Å². The molecule has 0 atom stereocenters. The van der Waals surface area contributed by atoms with Gasteiger partial charge in [-0.15, -0.1) is 11.3 Å². The molecule has 19 heavy (non-hydrogen) atoms. The lowest BCUT2D eigenvalue weighted by Gasteiger charge is -2.08. The number of nitrogens with zero attached hydrogens (tertiary/aromatic N) is 1. The molecule has 3 nitrogen and oxygen atoms in total. The number of halogens is 2. The van der Waals surface area contributed by atoms with Crippen LogP contribution in [0.5, 0.6) is 0 Å². The second kappa shape index (κ2) is 5.86. The van der Waals surface area contributed by atoms with Gasteiger partial charge in [0.1, 0.15) is 16.8 Å². The number of rotatable bonds is 3. The average molecular weight is 388 g/mol. The van der Waals surface area contributed by atoms with Gasteiger partial charge in [0, 0.05) is 9.13 Å². The van der Waals surface area contributed by atoms with Gasteiger partial charge in [-0.2, -0.15) is 5.26 Å². The van der Waals surface area contributed by atoms with Crippen LogP contribution in [0.15, 0.2) is 18.2 Å². The molecule has 98 valence electrons. The van der Waals surface area contributed by atoms with Crippen molar-refractivity contribution < 1.29 is 9.50 Å². The highest BCUT2D eigenvalue weighted by Gasteiger charge is 2.15. The second-order valence-electron chi connectivity index (χ2n) is 3.88. The summed E-state index contributed by atoms with van der Waals surface area (Å²) in [5, 5.41) is 21.9. The van der Waals surface area contributed by atoms with Gasteiger partial charge in [0.05, 0.1) is 17.3 Å². The number of benzene rings is 1. The summed E-state index contributed by atoms with van der Waals surface area (Å²) in [4.78, 5) is 0.525. The quantitative estimate of drug-likeness (QED) is 0.785. The fourth-order valence-corrected chi connectivity index (χ4v) is 3.14. The summed E-state index contributed by atoms with van der Waals surface area (Å²) < 4.78 is 14.6. The van der Waals surface area contributed by atoms with Gasteiger partial charge in [-0.3, -0.25) is 0 Å². The van der Waals surface area contributed by atoms with E-state index in [4.69, 9.17) is 5.26 Å². The topological polar surface area (TPSA) is 56.0 Å². The van der Waals surface area contributed by atoms with Crippen LogP contribution in [0.3, 0.4) is 0 Å². The lowest BCUT2D eigenvalue weighted by molar-refractivity contribution is 0.282. The van der Waals surface area contributed by atoms with Gasteiger partial charge >= 0.3 is 0 Å². The zero-order valence-electron chi connectivity index (χ0n) is 10.00. The van der Waals surface area contributed by atoms with E-state index in [0.717, 1.165) is 9.13 Å². The van der Waals surface area contributed by atoms with E-state index >= 15 is 0 Å². The molecule has 2 aromatic rings. The van der Waals surface area contributed by atoms with Gasteiger partial charge in [0.15, 0.2) is 0 Å². The van der Waals surface area contributed by atoms with E-state index in [2.05, 4.69) is 11.4 Å². The SMILES string of the molecule is Cc1c(C#N)sc(Nc2ccc(I)cc2F)c1CO. The monoisotopic (exact) mass is 388 g/mol. The molecule has 6 heteroatoms. The molecule has 1 aromatic carbocycles. The zero-order chi connectivity index (χ0) is 14.0. The number of aliphatic hydroxyl groups is 1. The Bertz CT molecular complexity index is 663. The molecule has 0 saturated carbocycles. The number of nitriles is 1. The molecule has 0 spiro atoms. The molecule has 1 heterocycles. The Morgan fingerprint density at radius 3 is 2.84 bits per heavy atom. The van der Waals surface area contributed by atoms with Crippen molar-refractivity contribution in [3.63, 3.8) is 0 Å². The number of hydrogen-bond donors (Lipinski definition) is 2. The molecule has 1 aromatic heterocycles. The van der Waals surface area contributed by atoms with Crippen LogP contribution in [0.2, 0.25) is 0 Å². The highest BCUT2D eigenvalue weighted by molar-refractivity contribution is 14.1. The van der Waals surface area contributed by atoms with Crippen LogP contribution in [0.4, 0.5) is 15.1 Å². The standard InChI is InChI=1S/C13H10FIN2OS/c1-7-9(6-18)13(19-12(7)5-16)17-11-3-2-8(15)4-10(11)14/h2-4,17-18H,6H2,1H3. The summed E-state index contributed by atoms with van der Waals surface area (Å²) in [5.41, 5.74) is 1.71. The van der Waals surface area contributed by atoms with Crippen LogP contribution in [-0.2, 0) is 6.61 Å². The van der Waals surface area contributed by atoms with Crippen molar-refractivity contribution in [2.24, 2.45) is 0 Å². The Labute approximate surface area is 127 Å². The summed E-state index contributed by atoms with van der Waals surface area (Å²) in [5.74, 6) is -0.361. The molecule has 2 rings (SSSR count). The van der Waals surface area contributed by atoms with Crippen molar-refractivity contribution in [2.45, 2.75) is 13.5 Å². The maximum atomic E-state index is 13.8. The summed E-state index contributed by atoms with van der Waals surface area (Å²) in [6.45, 7) is 1.59. The number of aliphatic hydroxyl groups excluding tert-OH is 1. The largest absolute Gasteiger partial charge is 0.392 e. The van der Waals surface area contributed by atoms with E-state index < -0.39 is 0 Å². The van der Waals surface area contributed by atoms with Crippen molar-refractivity contribution in [2.75, 3.05) is 5.32 Å². The molecule has 0 amide bonds. The Morgan fingerprint density at radius 2 is 2.26 bits per heavy atom. The van der Waals surface area contributed by atoms with E-state index in [1.807, 2.05) is 22.6 Å². The lowest BCUT2D eigenvalue weighted by Crippen LogP contribution is -1.96. The molecule has 0 fully saturated rings. The van der Waals surface area contributed by atoms with Crippen LogP contribution >= 0.6 is 33.9 Å². The van der Waals surface area contributed by atoms with Crippen molar-refractivity contribution in [3.8, 4) is 6.07 Å². The van der Waals surface area contributed by atoms with Crippen molar-refractivity contribution in [1.82, 2.24) is 0 Å². The average Bonchev–Trinajstić information content (AvgIpc) is 2.68. The maximum absolute atomic E-state index is 13.8. The number of nitrogens with one attached hydrogen (secondary N) is 1. The highest BCUT2D eigenvalue weighted by Crippen LogP contribution is 2.35. The van der Waals surface area contributed by atoms with Gasteiger partial charge in [0.25, 0.3) is 0 Å². The molecule has 0 unspecified atom stereocenters. The molecule has 0 aliphatic rings. The first kappa shape index (κ1) is 14.2. The predicted molar refractivity (Wildman–Crippen MR) is 82.1 cm³/mol. The van der Waals surface area contributed by atoms with Crippen molar-refractivity contribution >= 4 is 44.6 Å². The summed E-state index contributed by atoms with van der Waals surface area (Å²) in [6.07, 6.45) is 0. The van der Waals surface area contributed by atoms with E-state index in [9.17, 15) is 9.50 Å². The second-order valence-corrected chi connectivity index (χ2v) is 6.15. The molecule has 2 N–H and O–H groups in total. The first-order valence-corrected chi connectivity index (χ1v) is 7.31. The summed E-state index contributed by atoms with van der Waals surface area (Å²) in [6, 6.07) is 6.92. The molecule has 0 aliphatic carbocycles. The Hall–Kier alpha value is -1.17. The molecule has 0 aliphatic heterocycles. The van der Waals surface area contributed by atoms with Crippen LogP contribution in [0, 0.1) is 27.6 Å². The number of anilines is 2. The number of hydrogen-bond acceptors (Lipinski definition) is 4. The van der Waals surface area contributed by atoms with E-state index in [0.29, 0.717) is 21.1 Å². The minimum absolute atomic E-state index is 0.182. The van der Waals surface area contributed by atoms with Gasteiger partial charge < -0.3 is 10.4 Å². The van der Waals surface area contributed by atoms with Crippen LogP contribution in [0.25, 0.3) is 0 Å². The van der Waals surface area contributed by atoms with Gasteiger partial charge in [-0.1, -0.05) is 0 Å². The normalized spacial score (nSPS) is 10.3. The van der Waals surface area contributed by atoms with E-state index in [1.54, 1.807) is 19.1 Å². The molecular formula is C13H10FIN2OS. The molecular weight excluding hydrogens is 378 g/mol. The fraction of sp³-hybridized carbons (Fsp3) is 0.154. The first-order chi connectivity index (χ1) is 9.06. The smallest absolute Gasteiger partial charge is 0.147 e. The third kappa shape index (κ3) is 2.88. The lowest BCUT2D eigenvalue weighted by atomic mass is 10.1. The first-order valence-electron chi connectivity index (χ1n) is 5.42. The Balaban J connectivity index is 2.41. The van der Waals surface area contributed by atoms with Crippen LogP contribution in [-0.4, -0.2) is 5.11 Å². The molecule has 0 saturated heterocycles. The summed E-state index contributed by atoms with van der Waals surface area (Å²) in [7, 11) is 0. The Kier molecular flexibility index (Phi) is 4.39. The van der Waals surface area contributed by atoms with Gasteiger partial charge in [0.2, 0.25) is 0 Å². The third-order valence-electron chi connectivity index (χ3n) is 2.71. The van der Waals surface area contributed by atoms with E-state index in [1.165, 1.54) is 17.4 Å². The van der Waals surface area contributed by atoms with Gasteiger partial charge in [-0.05, 0) is 53.3 Å². The van der Waals surface area contributed by atoms with Crippen molar-refractivity contribution in [3.05, 3.63) is 43.6 Å². The summed E-state index contributed by atoms with van der Waals surface area (Å²) >= 11 is 3.25. The minimum Gasteiger partial charge on any atom is -0.392 e. The minimum atomic E-state index is -0.361. The van der Waals surface area contributed by atoms with Crippen molar-refractivity contribution in [1.29, 1.82) is 5.26 Å². The maximum Gasteiger partial charge on any atom is 0.147 e. The van der Waals surface area contributed by atoms with Crippen LogP contribution in [0.1, 0.15) is 16.0 Å². The molecule has 0 radical (unpaired) electrons. The van der Waals surface area contributed by atoms with Gasteiger partial charge in [-0.25, -0.2) is 4.39 Å². The van der Waals surface area contributed by atoms with Crippen LogP contribution < -0.4 is 5.32 Å².